The zero-order valence-corrected chi connectivity index (χ0v) is 11.6. The first-order valence-corrected chi connectivity index (χ1v) is 7.79. The molecule has 2 aliphatic rings. The SMILES string of the molecule is CC(C)(C)NS(=O)(=O)NC1CC2CCC(C1)N2. The molecule has 2 heterocycles. The third kappa shape index (κ3) is 3.91. The highest BCUT2D eigenvalue weighted by Crippen LogP contribution is 2.27. The highest BCUT2D eigenvalue weighted by Gasteiger charge is 2.35. The zero-order chi connectivity index (χ0) is 12.7. The van der Waals surface area contributed by atoms with Gasteiger partial charge in [0.15, 0.2) is 0 Å². The second-order valence-electron chi connectivity index (χ2n) is 6.28. The van der Waals surface area contributed by atoms with Crippen molar-refractivity contribution in [3.05, 3.63) is 0 Å². The maximum absolute atomic E-state index is 11.9. The molecular formula is C11H23N3O2S. The van der Waals surface area contributed by atoms with Crippen LogP contribution in [0.1, 0.15) is 46.5 Å². The van der Waals surface area contributed by atoms with Crippen LogP contribution in [0.3, 0.4) is 0 Å². The molecule has 2 saturated heterocycles. The lowest BCUT2D eigenvalue weighted by Crippen LogP contribution is -2.53. The van der Waals surface area contributed by atoms with E-state index in [1.54, 1.807) is 0 Å². The van der Waals surface area contributed by atoms with E-state index in [2.05, 4.69) is 14.8 Å². The molecule has 0 aromatic rings. The number of hydrogen-bond acceptors (Lipinski definition) is 3. The monoisotopic (exact) mass is 261 g/mol. The second kappa shape index (κ2) is 4.50. The minimum Gasteiger partial charge on any atom is -0.311 e. The predicted octanol–water partition coefficient (Wildman–Crippen LogP) is 0.492. The molecule has 0 radical (unpaired) electrons. The molecule has 0 aliphatic carbocycles. The van der Waals surface area contributed by atoms with Gasteiger partial charge in [0.25, 0.3) is 10.2 Å². The van der Waals surface area contributed by atoms with Crippen LogP contribution in [0.2, 0.25) is 0 Å². The average molecular weight is 261 g/mol. The van der Waals surface area contributed by atoms with E-state index >= 15 is 0 Å². The molecule has 2 aliphatic heterocycles. The summed E-state index contributed by atoms with van der Waals surface area (Å²) in [4.78, 5) is 0. The molecule has 2 fully saturated rings. The lowest BCUT2D eigenvalue weighted by atomic mass is 10.0. The third-order valence-electron chi connectivity index (χ3n) is 3.24. The summed E-state index contributed by atoms with van der Waals surface area (Å²) in [6.45, 7) is 5.54. The Morgan fingerprint density at radius 1 is 1.12 bits per heavy atom. The van der Waals surface area contributed by atoms with Gasteiger partial charge in [-0.25, -0.2) is 0 Å². The maximum atomic E-state index is 11.9. The van der Waals surface area contributed by atoms with Gasteiger partial charge in [0.2, 0.25) is 0 Å². The summed E-state index contributed by atoms with van der Waals surface area (Å²) in [7, 11) is -3.39. The second-order valence-corrected chi connectivity index (χ2v) is 7.73. The van der Waals surface area contributed by atoms with Crippen molar-refractivity contribution in [1.29, 1.82) is 0 Å². The molecule has 0 spiro atoms. The van der Waals surface area contributed by atoms with Gasteiger partial charge in [0.1, 0.15) is 0 Å². The molecule has 2 bridgehead atoms. The van der Waals surface area contributed by atoms with Gasteiger partial charge < -0.3 is 5.32 Å². The Morgan fingerprint density at radius 3 is 2.12 bits per heavy atom. The Bertz CT molecular complexity index is 363. The van der Waals surface area contributed by atoms with E-state index in [1.807, 2.05) is 20.8 Å². The number of hydrogen-bond donors (Lipinski definition) is 3. The molecule has 2 rings (SSSR count). The van der Waals surface area contributed by atoms with Crippen molar-refractivity contribution >= 4 is 10.2 Å². The Hall–Kier alpha value is -0.170. The van der Waals surface area contributed by atoms with Gasteiger partial charge >= 0.3 is 0 Å². The molecular weight excluding hydrogens is 238 g/mol. The molecule has 0 amide bonds. The van der Waals surface area contributed by atoms with E-state index in [-0.39, 0.29) is 6.04 Å². The summed E-state index contributed by atoms with van der Waals surface area (Å²) < 4.78 is 29.2. The van der Waals surface area contributed by atoms with Crippen LogP contribution in [0.4, 0.5) is 0 Å². The van der Waals surface area contributed by atoms with Gasteiger partial charge in [-0.2, -0.15) is 17.9 Å². The molecule has 0 aromatic carbocycles. The topological polar surface area (TPSA) is 70.2 Å². The van der Waals surface area contributed by atoms with Crippen LogP contribution >= 0.6 is 0 Å². The first kappa shape index (κ1) is 13.3. The van der Waals surface area contributed by atoms with Crippen molar-refractivity contribution in [2.75, 3.05) is 0 Å². The van der Waals surface area contributed by atoms with Crippen LogP contribution < -0.4 is 14.8 Å². The average Bonchev–Trinajstić information content (AvgIpc) is 2.40. The van der Waals surface area contributed by atoms with E-state index in [0.717, 1.165) is 12.8 Å². The van der Waals surface area contributed by atoms with Gasteiger partial charge in [-0.3, -0.25) is 0 Å². The van der Waals surface area contributed by atoms with Gasteiger partial charge in [-0.15, -0.1) is 0 Å². The number of nitrogens with one attached hydrogen (secondary N) is 3. The van der Waals surface area contributed by atoms with E-state index in [4.69, 9.17) is 0 Å². The zero-order valence-electron chi connectivity index (χ0n) is 10.8. The lowest BCUT2D eigenvalue weighted by Gasteiger charge is -2.30. The normalized spacial score (nSPS) is 33.9. The lowest BCUT2D eigenvalue weighted by molar-refractivity contribution is 0.342. The largest absolute Gasteiger partial charge is 0.311 e. The Morgan fingerprint density at radius 2 is 1.65 bits per heavy atom. The summed E-state index contributed by atoms with van der Waals surface area (Å²) in [5.74, 6) is 0. The quantitative estimate of drug-likeness (QED) is 0.692. The maximum Gasteiger partial charge on any atom is 0.277 e. The van der Waals surface area contributed by atoms with Crippen molar-refractivity contribution in [2.24, 2.45) is 0 Å². The van der Waals surface area contributed by atoms with E-state index < -0.39 is 15.7 Å². The third-order valence-corrected chi connectivity index (χ3v) is 4.76. The van der Waals surface area contributed by atoms with Gasteiger partial charge in [0, 0.05) is 23.7 Å². The predicted molar refractivity (Wildman–Crippen MR) is 67.9 cm³/mol. The Balaban J connectivity index is 1.92. The fourth-order valence-corrected chi connectivity index (χ4v) is 4.30. The van der Waals surface area contributed by atoms with Crippen LogP contribution in [0.15, 0.2) is 0 Å². The van der Waals surface area contributed by atoms with Gasteiger partial charge in [-0.1, -0.05) is 0 Å². The van der Waals surface area contributed by atoms with Crippen molar-refractivity contribution in [2.45, 2.75) is 70.1 Å². The summed E-state index contributed by atoms with van der Waals surface area (Å²) in [5, 5.41) is 3.50. The minimum absolute atomic E-state index is 0.0774. The first-order chi connectivity index (χ1) is 7.73. The fraction of sp³-hybridized carbons (Fsp3) is 1.00. The Labute approximate surface area is 104 Å². The summed E-state index contributed by atoms with van der Waals surface area (Å²) in [6.07, 6.45) is 4.16. The smallest absolute Gasteiger partial charge is 0.277 e. The molecule has 5 nitrogen and oxygen atoms in total. The Kier molecular flexibility index (Phi) is 3.51. The minimum atomic E-state index is -3.39. The molecule has 0 saturated carbocycles. The van der Waals surface area contributed by atoms with Crippen molar-refractivity contribution in [1.82, 2.24) is 14.8 Å². The molecule has 100 valence electrons. The number of piperidine rings is 1. The number of fused-ring (bicyclic) bond motifs is 2. The van der Waals surface area contributed by atoms with E-state index in [0.29, 0.717) is 12.1 Å². The summed E-state index contributed by atoms with van der Waals surface area (Å²) in [5.41, 5.74) is -0.433. The van der Waals surface area contributed by atoms with E-state index in [1.165, 1.54) is 12.8 Å². The molecule has 3 N–H and O–H groups in total. The summed E-state index contributed by atoms with van der Waals surface area (Å²) >= 11 is 0. The van der Waals surface area contributed by atoms with E-state index in [9.17, 15) is 8.42 Å². The molecule has 17 heavy (non-hydrogen) atoms. The van der Waals surface area contributed by atoms with Gasteiger partial charge in [0.05, 0.1) is 0 Å². The highest BCUT2D eigenvalue weighted by atomic mass is 32.2. The molecule has 0 aromatic heterocycles. The standard InChI is InChI=1S/C11H23N3O2S/c1-11(2,3)14-17(15,16)13-10-6-8-4-5-9(7-10)12-8/h8-10,12-14H,4-7H2,1-3H3. The van der Waals surface area contributed by atoms with Crippen molar-refractivity contribution < 1.29 is 8.42 Å². The number of rotatable bonds is 3. The van der Waals surface area contributed by atoms with Crippen molar-refractivity contribution in [3.63, 3.8) is 0 Å². The van der Waals surface area contributed by atoms with Crippen LogP contribution in [0.25, 0.3) is 0 Å². The van der Waals surface area contributed by atoms with Crippen molar-refractivity contribution in [3.8, 4) is 0 Å². The first-order valence-electron chi connectivity index (χ1n) is 6.31. The highest BCUT2D eigenvalue weighted by molar-refractivity contribution is 7.87. The molecule has 2 atom stereocenters. The molecule has 6 heteroatoms. The van der Waals surface area contributed by atoms with Crippen LogP contribution in [0.5, 0.6) is 0 Å². The fourth-order valence-electron chi connectivity index (χ4n) is 2.81. The van der Waals surface area contributed by atoms with Gasteiger partial charge in [-0.05, 0) is 46.5 Å². The summed E-state index contributed by atoms with van der Waals surface area (Å²) in [6, 6.07) is 1.07. The van der Waals surface area contributed by atoms with Crippen LogP contribution in [0, 0.1) is 0 Å². The van der Waals surface area contributed by atoms with Crippen LogP contribution in [-0.4, -0.2) is 32.1 Å². The van der Waals surface area contributed by atoms with Crippen LogP contribution in [-0.2, 0) is 10.2 Å². The molecule has 2 unspecified atom stereocenters.